The molecule has 6 aromatic carbocycles. The third-order valence-electron chi connectivity index (χ3n) is 21.6. The number of nitrogens with one attached hydrogen (secondary N) is 5. The summed E-state index contributed by atoms with van der Waals surface area (Å²) in [5.74, 6) is -1.39. The number of aliphatic imine (C=N–C) groups is 2. The summed E-state index contributed by atoms with van der Waals surface area (Å²) < 4.78 is 39.4. The molecule has 8 aliphatic rings. The first-order chi connectivity index (χ1) is 50.6. The Balaban J connectivity index is 0.000000170. The summed E-state index contributed by atoms with van der Waals surface area (Å²) in [6.07, 6.45) is 8.69. The summed E-state index contributed by atoms with van der Waals surface area (Å²) in [4.78, 5) is 96.8. The lowest BCUT2D eigenvalue weighted by molar-refractivity contribution is -0.153. The zero-order valence-corrected chi connectivity index (χ0v) is 61.0. The van der Waals surface area contributed by atoms with Gasteiger partial charge in [-0.1, -0.05) is 113 Å². The van der Waals surface area contributed by atoms with Crippen LogP contribution in [0.4, 0.5) is 25.8 Å². The number of hydrogen-bond donors (Lipinski definition) is 5. The largest absolute Gasteiger partial charge is 0.453 e. The van der Waals surface area contributed by atoms with Crippen molar-refractivity contribution in [3.8, 4) is 44.8 Å². The highest BCUT2D eigenvalue weighted by atomic mass is 16.7. The molecule has 16 rings (SSSR count). The first-order valence-corrected chi connectivity index (χ1v) is 36.8. The lowest BCUT2D eigenvalue weighted by Crippen LogP contribution is -2.52. The van der Waals surface area contributed by atoms with Gasteiger partial charge in [-0.3, -0.25) is 24.5 Å². The van der Waals surface area contributed by atoms with E-state index in [1.54, 1.807) is 22.2 Å². The molecule has 6 atom stereocenters. The Morgan fingerprint density at radius 3 is 1.43 bits per heavy atom. The van der Waals surface area contributed by atoms with E-state index in [0.29, 0.717) is 69.9 Å². The van der Waals surface area contributed by atoms with Crippen molar-refractivity contribution < 1.29 is 57.1 Å². The number of fused-ring (bicyclic) bond motifs is 6. The molecule has 5 N–H and O–H groups in total. The van der Waals surface area contributed by atoms with Gasteiger partial charge in [0, 0.05) is 49.7 Å². The maximum atomic E-state index is 14.0. The highest BCUT2D eigenvalue weighted by molar-refractivity contribution is 6.06. The minimum Gasteiger partial charge on any atom is -0.453 e. The van der Waals surface area contributed by atoms with Gasteiger partial charge in [0.15, 0.2) is 11.6 Å². The van der Waals surface area contributed by atoms with Crippen molar-refractivity contribution in [2.75, 3.05) is 66.8 Å². The Bertz CT molecular complexity index is 4690. The highest BCUT2D eigenvalue weighted by Gasteiger charge is 2.55. The smallest absolute Gasteiger partial charge is 0.410 e. The van der Waals surface area contributed by atoms with Gasteiger partial charge in [-0.2, -0.15) is 0 Å². The molecule has 24 heteroatoms. The van der Waals surface area contributed by atoms with Gasteiger partial charge in [0.25, 0.3) is 0 Å². The van der Waals surface area contributed by atoms with Crippen LogP contribution in [-0.4, -0.2) is 184 Å². The number of aromatic nitrogens is 4. The van der Waals surface area contributed by atoms with E-state index in [1.807, 2.05) is 53.4 Å². The van der Waals surface area contributed by atoms with E-state index in [9.17, 15) is 24.0 Å². The number of methoxy groups -OCH3 is 2. The van der Waals surface area contributed by atoms with Crippen LogP contribution in [0.2, 0.25) is 0 Å². The molecule has 0 bridgehead atoms. The van der Waals surface area contributed by atoms with Gasteiger partial charge in [0.2, 0.25) is 11.8 Å². The second-order valence-corrected chi connectivity index (χ2v) is 30.4. The van der Waals surface area contributed by atoms with Crippen molar-refractivity contribution in [1.29, 1.82) is 0 Å². The number of ether oxygens (including phenoxy) is 7. The maximum absolute atomic E-state index is 14.0. The van der Waals surface area contributed by atoms with Crippen LogP contribution in [0.3, 0.4) is 0 Å². The van der Waals surface area contributed by atoms with Crippen LogP contribution >= 0.6 is 0 Å². The third kappa shape index (κ3) is 14.3. The van der Waals surface area contributed by atoms with Gasteiger partial charge >= 0.3 is 18.3 Å². The van der Waals surface area contributed by atoms with E-state index < -0.39 is 53.5 Å². The Kier molecular flexibility index (Phi) is 19.5. The molecule has 0 unspecified atom stereocenters. The molecule has 6 saturated heterocycles. The van der Waals surface area contributed by atoms with Gasteiger partial charge in [-0.05, 0) is 155 Å². The summed E-state index contributed by atoms with van der Waals surface area (Å²) in [5.41, 5.74) is 14.4. The molecule has 24 nitrogen and oxygen atoms in total. The summed E-state index contributed by atoms with van der Waals surface area (Å²) >= 11 is 0. The minimum absolute atomic E-state index is 0.0461. The maximum Gasteiger partial charge on any atom is 0.410 e. The van der Waals surface area contributed by atoms with Crippen LogP contribution in [0.15, 0.2) is 132 Å². The molecular weight excluding hydrogens is 1330 g/mol. The van der Waals surface area contributed by atoms with E-state index in [2.05, 4.69) is 135 Å². The van der Waals surface area contributed by atoms with Crippen LogP contribution in [0.25, 0.3) is 66.3 Å². The fourth-order valence-electron chi connectivity index (χ4n) is 16.3. The molecular formula is C81H92N12O12. The van der Waals surface area contributed by atoms with Crippen molar-refractivity contribution >= 4 is 74.4 Å². The fourth-order valence-corrected chi connectivity index (χ4v) is 16.3. The molecule has 2 aromatic heterocycles. The summed E-state index contributed by atoms with van der Waals surface area (Å²) in [6.45, 7) is 17.3. The van der Waals surface area contributed by atoms with Crippen molar-refractivity contribution in [2.24, 2.45) is 21.8 Å². The second-order valence-electron chi connectivity index (χ2n) is 30.4. The van der Waals surface area contributed by atoms with Crippen LogP contribution in [0.5, 0.6) is 0 Å². The topological polar surface area (TPSA) is 278 Å². The zero-order chi connectivity index (χ0) is 73.1. The van der Waals surface area contributed by atoms with Crippen LogP contribution in [0.1, 0.15) is 122 Å². The quantitative estimate of drug-likeness (QED) is 0.0633. The number of rotatable bonds is 14. The Morgan fingerprint density at radius 2 is 0.990 bits per heavy atom. The fraction of sp³-hybridized carbons (Fsp3) is 0.444. The minimum atomic E-state index is -0.921. The van der Waals surface area contributed by atoms with Crippen LogP contribution in [0, 0.1) is 11.8 Å². The van der Waals surface area contributed by atoms with Crippen molar-refractivity contribution in [2.45, 2.75) is 153 Å². The molecule has 8 aromatic rings. The average molecular weight is 1430 g/mol. The molecule has 5 amide bonds. The molecule has 10 heterocycles. The number of benzene rings is 6. The van der Waals surface area contributed by atoms with E-state index in [1.165, 1.54) is 60.1 Å². The third-order valence-corrected chi connectivity index (χ3v) is 21.6. The molecule has 6 fully saturated rings. The van der Waals surface area contributed by atoms with Gasteiger partial charge in [-0.15, -0.1) is 0 Å². The summed E-state index contributed by atoms with van der Waals surface area (Å²) in [7, 11) is 2.56. The molecule has 105 heavy (non-hydrogen) atoms. The number of amides is 5. The predicted octanol–water partition coefficient (Wildman–Crippen LogP) is 13.0. The van der Waals surface area contributed by atoms with Crippen LogP contribution < -0.4 is 16.0 Å². The number of likely N-dealkylation sites (tertiary alicyclic amines) is 3. The highest BCUT2D eigenvalue weighted by Crippen LogP contribution is 2.46. The van der Waals surface area contributed by atoms with Crippen molar-refractivity contribution in [3.05, 3.63) is 144 Å². The average Bonchev–Trinajstić information content (AvgIpc) is 1.65. The molecule has 0 radical (unpaired) electrons. The lowest BCUT2D eigenvalue weighted by Gasteiger charge is -2.30. The number of carbonyl (C=O) groups excluding carboxylic acids is 5. The van der Waals surface area contributed by atoms with Gasteiger partial charge in [0.05, 0.1) is 107 Å². The van der Waals surface area contributed by atoms with Crippen LogP contribution in [-0.2, 0) is 55.6 Å². The number of nitrogens with zero attached hydrogens (tertiary/aromatic N) is 7. The predicted molar refractivity (Wildman–Crippen MR) is 398 cm³/mol. The van der Waals surface area contributed by atoms with Crippen molar-refractivity contribution in [1.82, 2.24) is 50.6 Å². The standard InChI is InChI=1S/C43H50N6O7.C38H42N6O5/c1-25(2)37(47-40(51)53-6)39(50)49-24-43(54-18-19-55-43)22-36(49)38-44-23-34(46-38)27-11-9-26(10-12-27)28-13-15-30-29(20-28)14-16-32-31(30)21-33(45-32)35-8-7-17-48(35)41(52)56-42(3,4)5;1-22(2)34(43-37(46)47-3)36(45)44-21-38(48-15-16-49-38)19-33(44)35-40-20-32(42-35)24-8-6-23(7-9-24)25-10-12-27-26(17-25)11-13-29-28(27)18-31(41-29)30-5-4-14-39-30/h9-16,20,23,25,35-37H,7-8,17-19,21-22,24H2,1-6H3,(H,44,46)(H,47,51);6-13,17,20,22,30,33-34,39H,4-5,14-16,18-19,21H2,1-3H3,(H,40,42)(H,43,46)/t35-,36-,37-;30-,33-,34-/m00/s1. The number of alkyl carbamates (subject to hydrolysis) is 2. The number of aromatic amines is 2. The van der Waals surface area contributed by atoms with Gasteiger partial charge in [-0.25, -0.2) is 24.4 Å². The van der Waals surface area contributed by atoms with E-state index in [4.69, 9.17) is 53.1 Å². The monoisotopic (exact) mass is 1420 g/mol. The van der Waals surface area contributed by atoms with E-state index in [-0.39, 0.29) is 48.9 Å². The second kappa shape index (κ2) is 28.9. The molecule has 548 valence electrons. The normalized spacial score (nSPS) is 21.3. The Hall–Kier alpha value is -9.85. The lowest BCUT2D eigenvalue weighted by atomic mass is 9.95. The summed E-state index contributed by atoms with van der Waals surface area (Å²) in [5, 5.41) is 13.8. The molecule has 2 spiro atoms. The SMILES string of the molecule is COC(=O)N[C@H](C(=O)N1CC2(C[C@H]1c1ncc(-c3ccc(-c4ccc5c6c(ccc5c4)N=C([C@@H]4CCCN4)C6)cc3)[nH]1)OCCO2)C(C)C.COC(=O)N[C@H](C(=O)N1CC2(C[C@H]1c1ncc(-c3ccc(-c4ccc5c6c(ccc5c4)N=C([C@@H]4CCCN4C(=O)OC(C)(C)C)C6)cc3)[nH]1)OCCO2)C(C)C. The number of carbonyl (C=O) groups is 5. The zero-order valence-electron chi connectivity index (χ0n) is 61.0. The van der Waals surface area contributed by atoms with Crippen molar-refractivity contribution in [3.63, 3.8) is 0 Å². The number of imidazole rings is 2. The molecule has 8 aliphatic heterocycles. The number of H-pyrrole nitrogens is 2. The Morgan fingerprint density at radius 1 is 0.543 bits per heavy atom. The first-order valence-electron chi connectivity index (χ1n) is 36.8. The molecule has 0 aliphatic carbocycles. The van der Waals surface area contributed by atoms with E-state index >= 15 is 0 Å². The van der Waals surface area contributed by atoms with E-state index in [0.717, 1.165) is 93.0 Å². The number of hydrogen-bond acceptors (Lipinski definition) is 17. The molecule has 0 saturated carbocycles. The van der Waals surface area contributed by atoms with Gasteiger partial charge < -0.3 is 68.9 Å². The summed E-state index contributed by atoms with van der Waals surface area (Å²) in [6, 6.07) is 36.5. The first kappa shape index (κ1) is 70.8. The Labute approximate surface area is 610 Å². The van der Waals surface area contributed by atoms with Gasteiger partial charge in [0.1, 0.15) is 29.3 Å².